The number of carboxylic acid groups (broad SMARTS) is 1. The fraction of sp³-hybridized carbons (Fsp3) is 0.250. The number of rotatable bonds is 10. The van der Waals surface area contributed by atoms with E-state index in [0.717, 1.165) is 36.3 Å². The van der Waals surface area contributed by atoms with Crippen molar-refractivity contribution in [1.29, 1.82) is 0 Å². The summed E-state index contributed by atoms with van der Waals surface area (Å²) in [7, 11) is 0. The highest BCUT2D eigenvalue weighted by Gasteiger charge is 2.03. The Kier molecular flexibility index (Phi) is 7.05. The maximum absolute atomic E-state index is 10.9. The predicted molar refractivity (Wildman–Crippen MR) is 94.6 cm³/mol. The van der Waals surface area contributed by atoms with Crippen molar-refractivity contribution in [1.82, 2.24) is 0 Å². The molecule has 0 aliphatic rings. The lowest BCUT2D eigenvalue weighted by molar-refractivity contribution is 0.0697. The third-order valence-corrected chi connectivity index (χ3v) is 3.51. The largest absolute Gasteiger partial charge is 0.491 e. The van der Waals surface area contributed by atoms with E-state index in [1.807, 2.05) is 30.3 Å². The Hall–Kier alpha value is -2.59. The molecule has 0 bridgehead atoms. The summed E-state index contributed by atoms with van der Waals surface area (Å²) >= 11 is 0. The van der Waals surface area contributed by atoms with E-state index in [0.29, 0.717) is 13.2 Å². The molecule has 4 heteroatoms. The summed E-state index contributed by atoms with van der Waals surface area (Å²) in [5.74, 6) is -0.132. The first-order chi connectivity index (χ1) is 11.7. The van der Waals surface area contributed by atoms with Gasteiger partial charge in [0.05, 0.1) is 12.2 Å². The molecule has 0 aromatic heterocycles. The van der Waals surface area contributed by atoms with Crippen molar-refractivity contribution in [2.45, 2.75) is 12.8 Å². The minimum atomic E-state index is -0.919. The lowest BCUT2D eigenvalue weighted by Gasteiger charge is -2.08. The summed E-state index contributed by atoms with van der Waals surface area (Å²) in [6.45, 7) is 5.47. The van der Waals surface area contributed by atoms with Crippen molar-refractivity contribution in [3.05, 3.63) is 66.7 Å². The summed E-state index contributed by atoms with van der Waals surface area (Å²) in [5, 5.41) is 8.91. The number of allylic oxidation sites excluding steroid dienone is 1. The number of benzene rings is 2. The normalized spacial score (nSPS) is 10.3. The Morgan fingerprint density at radius 2 is 1.58 bits per heavy atom. The molecule has 126 valence electrons. The zero-order valence-corrected chi connectivity index (χ0v) is 13.6. The van der Waals surface area contributed by atoms with E-state index in [1.54, 1.807) is 24.3 Å². The topological polar surface area (TPSA) is 55.8 Å². The molecule has 0 unspecified atom stereocenters. The van der Waals surface area contributed by atoms with Gasteiger partial charge in [-0.15, -0.1) is 6.58 Å². The van der Waals surface area contributed by atoms with Gasteiger partial charge in [0.2, 0.25) is 0 Å². The number of hydrogen-bond donors (Lipinski definition) is 1. The molecule has 0 fully saturated rings. The van der Waals surface area contributed by atoms with Crippen LogP contribution in [0.5, 0.6) is 5.75 Å². The molecule has 4 nitrogen and oxygen atoms in total. The zero-order valence-electron chi connectivity index (χ0n) is 13.6. The quantitative estimate of drug-likeness (QED) is 0.519. The van der Waals surface area contributed by atoms with Gasteiger partial charge in [-0.3, -0.25) is 0 Å². The van der Waals surface area contributed by atoms with Crippen LogP contribution >= 0.6 is 0 Å². The van der Waals surface area contributed by atoms with Crippen LogP contribution in [0.15, 0.2) is 61.2 Å². The number of carbonyl (C=O) groups is 1. The molecule has 1 N–H and O–H groups in total. The fourth-order valence-corrected chi connectivity index (χ4v) is 2.20. The van der Waals surface area contributed by atoms with E-state index >= 15 is 0 Å². The van der Waals surface area contributed by atoms with Crippen molar-refractivity contribution < 1.29 is 19.4 Å². The molecule has 0 aliphatic carbocycles. The van der Waals surface area contributed by atoms with Gasteiger partial charge >= 0.3 is 5.97 Å². The van der Waals surface area contributed by atoms with Gasteiger partial charge in [0.25, 0.3) is 0 Å². The van der Waals surface area contributed by atoms with Gasteiger partial charge in [-0.1, -0.05) is 30.3 Å². The summed E-state index contributed by atoms with van der Waals surface area (Å²) in [4.78, 5) is 10.9. The van der Waals surface area contributed by atoms with E-state index < -0.39 is 5.97 Å². The van der Waals surface area contributed by atoms with Crippen molar-refractivity contribution in [2.24, 2.45) is 0 Å². The highest BCUT2D eigenvalue weighted by molar-refractivity contribution is 5.88. The molecule has 0 saturated heterocycles. The third-order valence-electron chi connectivity index (χ3n) is 3.51. The van der Waals surface area contributed by atoms with E-state index in [4.69, 9.17) is 14.6 Å². The summed E-state index contributed by atoms with van der Waals surface area (Å²) in [6.07, 6.45) is 3.84. The van der Waals surface area contributed by atoms with Gasteiger partial charge < -0.3 is 14.6 Å². The first kappa shape index (κ1) is 17.8. The third kappa shape index (κ3) is 5.56. The van der Waals surface area contributed by atoms with Crippen LogP contribution in [-0.4, -0.2) is 30.9 Å². The smallest absolute Gasteiger partial charge is 0.335 e. The molecule has 0 amide bonds. The van der Waals surface area contributed by atoms with E-state index in [1.165, 1.54) is 0 Å². The number of carboxylic acids is 1. The lowest BCUT2D eigenvalue weighted by Crippen LogP contribution is -2.07. The Bertz CT molecular complexity index is 644. The highest BCUT2D eigenvalue weighted by atomic mass is 16.5. The van der Waals surface area contributed by atoms with Crippen LogP contribution < -0.4 is 4.74 Å². The average molecular weight is 326 g/mol. The molecule has 0 spiro atoms. The molecule has 0 atom stereocenters. The zero-order chi connectivity index (χ0) is 17.2. The van der Waals surface area contributed by atoms with Crippen LogP contribution in [-0.2, 0) is 4.74 Å². The average Bonchev–Trinajstić information content (AvgIpc) is 2.61. The van der Waals surface area contributed by atoms with Gasteiger partial charge in [0.15, 0.2) is 0 Å². The van der Waals surface area contributed by atoms with Crippen molar-refractivity contribution >= 4 is 5.97 Å². The second-order valence-corrected chi connectivity index (χ2v) is 5.30. The lowest BCUT2D eigenvalue weighted by atomic mass is 10.0. The summed E-state index contributed by atoms with van der Waals surface area (Å²) in [6, 6.07) is 14.5. The summed E-state index contributed by atoms with van der Waals surface area (Å²) < 4.78 is 11.1. The van der Waals surface area contributed by atoms with Gasteiger partial charge in [0, 0.05) is 6.61 Å². The highest BCUT2D eigenvalue weighted by Crippen LogP contribution is 2.22. The molecule has 0 heterocycles. The molecule has 0 saturated carbocycles. The molecule has 24 heavy (non-hydrogen) atoms. The molecular formula is C20H22O4. The van der Waals surface area contributed by atoms with Crippen molar-refractivity contribution in [2.75, 3.05) is 19.8 Å². The Morgan fingerprint density at radius 3 is 2.17 bits per heavy atom. The molecule has 0 aliphatic heterocycles. The van der Waals surface area contributed by atoms with Gasteiger partial charge in [-0.05, 0) is 48.2 Å². The summed E-state index contributed by atoms with van der Waals surface area (Å²) in [5.41, 5.74) is 2.27. The maximum atomic E-state index is 10.9. The second-order valence-electron chi connectivity index (χ2n) is 5.30. The predicted octanol–water partition coefficient (Wildman–Crippen LogP) is 4.41. The van der Waals surface area contributed by atoms with Gasteiger partial charge in [-0.2, -0.15) is 0 Å². The standard InChI is InChI=1S/C20H22O4/c1-2-3-4-13-23-14-15-24-19-11-9-17(10-12-19)16-5-7-18(8-6-16)20(21)22/h2,5-12H,1,3-4,13-15H2,(H,21,22). The van der Waals surface area contributed by atoms with E-state index in [2.05, 4.69) is 6.58 Å². The van der Waals surface area contributed by atoms with Gasteiger partial charge in [-0.25, -0.2) is 4.79 Å². The first-order valence-corrected chi connectivity index (χ1v) is 7.96. The number of aromatic carboxylic acids is 1. The molecule has 2 aromatic rings. The minimum absolute atomic E-state index is 0.284. The Labute approximate surface area is 142 Å². The second kappa shape index (κ2) is 9.53. The molecule has 2 aromatic carbocycles. The Balaban J connectivity index is 1.80. The monoisotopic (exact) mass is 326 g/mol. The number of ether oxygens (including phenoxy) is 2. The SMILES string of the molecule is C=CCCCOCCOc1ccc(-c2ccc(C(=O)O)cc2)cc1. The maximum Gasteiger partial charge on any atom is 0.335 e. The fourth-order valence-electron chi connectivity index (χ4n) is 2.20. The van der Waals surface area contributed by atoms with Crippen molar-refractivity contribution in [3.8, 4) is 16.9 Å². The van der Waals surface area contributed by atoms with Crippen LogP contribution in [0.3, 0.4) is 0 Å². The minimum Gasteiger partial charge on any atom is -0.491 e. The van der Waals surface area contributed by atoms with Crippen molar-refractivity contribution in [3.63, 3.8) is 0 Å². The van der Waals surface area contributed by atoms with E-state index in [9.17, 15) is 4.79 Å². The number of hydrogen-bond acceptors (Lipinski definition) is 3. The molecule has 0 radical (unpaired) electrons. The first-order valence-electron chi connectivity index (χ1n) is 7.96. The van der Waals surface area contributed by atoms with Crippen LogP contribution in [0, 0.1) is 0 Å². The number of unbranched alkanes of at least 4 members (excludes halogenated alkanes) is 1. The molecule has 2 rings (SSSR count). The van der Waals surface area contributed by atoms with E-state index in [-0.39, 0.29) is 5.56 Å². The Morgan fingerprint density at radius 1 is 0.958 bits per heavy atom. The van der Waals surface area contributed by atoms with Crippen LogP contribution in [0.1, 0.15) is 23.2 Å². The van der Waals surface area contributed by atoms with Crippen LogP contribution in [0.2, 0.25) is 0 Å². The van der Waals surface area contributed by atoms with Crippen LogP contribution in [0.25, 0.3) is 11.1 Å². The van der Waals surface area contributed by atoms with Crippen LogP contribution in [0.4, 0.5) is 0 Å². The van der Waals surface area contributed by atoms with Gasteiger partial charge in [0.1, 0.15) is 12.4 Å². The molecular weight excluding hydrogens is 304 g/mol.